The Bertz CT molecular complexity index is 625. The molecular formula is C11H12ClN3O2S. The van der Waals surface area contributed by atoms with Crippen LogP contribution in [0.2, 0.25) is 0 Å². The molecule has 1 atom stereocenters. The second-order valence-corrected chi connectivity index (χ2v) is 6.27. The van der Waals surface area contributed by atoms with Crippen molar-refractivity contribution in [2.24, 2.45) is 0 Å². The average molecular weight is 286 g/mol. The van der Waals surface area contributed by atoms with Gasteiger partial charge in [0, 0.05) is 16.6 Å². The summed E-state index contributed by atoms with van der Waals surface area (Å²) in [6.45, 7) is 2.00. The first kappa shape index (κ1) is 13.0. The summed E-state index contributed by atoms with van der Waals surface area (Å²) in [6.07, 6.45) is 0.779. The lowest BCUT2D eigenvalue weighted by Crippen LogP contribution is -2.02. The summed E-state index contributed by atoms with van der Waals surface area (Å²) in [4.78, 5) is 3.94. The molecule has 0 amide bonds. The molecule has 1 heterocycles. The quantitative estimate of drug-likeness (QED) is 0.875. The molecule has 0 fully saturated rings. The number of halogens is 1. The van der Waals surface area contributed by atoms with Gasteiger partial charge in [0.15, 0.2) is 0 Å². The number of H-pyrrole nitrogens is 1. The second kappa shape index (κ2) is 5.07. The SMILES string of the molecule is CCC(c1ccccc1)c1nc(S(=O)(=O)Cl)n[nH]1. The summed E-state index contributed by atoms with van der Waals surface area (Å²) in [5.74, 6) is 0.480. The Morgan fingerprint density at radius 2 is 2.00 bits per heavy atom. The Morgan fingerprint density at radius 3 is 2.50 bits per heavy atom. The van der Waals surface area contributed by atoms with Gasteiger partial charge in [0.05, 0.1) is 0 Å². The van der Waals surface area contributed by atoms with Crippen LogP contribution in [0.3, 0.4) is 0 Å². The lowest BCUT2D eigenvalue weighted by atomic mass is 9.96. The Balaban J connectivity index is 2.38. The molecule has 0 saturated heterocycles. The van der Waals surface area contributed by atoms with Crippen LogP contribution < -0.4 is 0 Å². The van der Waals surface area contributed by atoms with Gasteiger partial charge in [-0.2, -0.15) is 0 Å². The van der Waals surface area contributed by atoms with E-state index in [-0.39, 0.29) is 11.1 Å². The van der Waals surface area contributed by atoms with Crippen molar-refractivity contribution >= 4 is 19.7 Å². The van der Waals surface area contributed by atoms with Crippen molar-refractivity contribution in [1.82, 2.24) is 15.2 Å². The Hall–Kier alpha value is -1.40. The fraction of sp³-hybridized carbons (Fsp3) is 0.273. The lowest BCUT2D eigenvalue weighted by Gasteiger charge is -2.11. The highest BCUT2D eigenvalue weighted by Gasteiger charge is 2.21. The average Bonchev–Trinajstić information content (AvgIpc) is 2.81. The minimum Gasteiger partial charge on any atom is -0.261 e. The van der Waals surface area contributed by atoms with Crippen LogP contribution in [0.15, 0.2) is 35.5 Å². The summed E-state index contributed by atoms with van der Waals surface area (Å²) in [5.41, 5.74) is 1.05. The van der Waals surface area contributed by atoms with E-state index in [0.29, 0.717) is 5.82 Å². The molecular weight excluding hydrogens is 274 g/mol. The fourth-order valence-electron chi connectivity index (χ4n) is 1.80. The van der Waals surface area contributed by atoms with Crippen molar-refractivity contribution in [1.29, 1.82) is 0 Å². The molecule has 7 heteroatoms. The molecule has 96 valence electrons. The van der Waals surface area contributed by atoms with E-state index in [2.05, 4.69) is 15.2 Å². The predicted molar refractivity (Wildman–Crippen MR) is 68.0 cm³/mol. The van der Waals surface area contributed by atoms with Crippen molar-refractivity contribution in [3.05, 3.63) is 41.7 Å². The maximum absolute atomic E-state index is 11.1. The summed E-state index contributed by atoms with van der Waals surface area (Å²) in [6, 6.07) is 9.70. The summed E-state index contributed by atoms with van der Waals surface area (Å²) in [5, 5.41) is 5.88. The highest BCUT2D eigenvalue weighted by atomic mass is 35.7. The van der Waals surface area contributed by atoms with Gasteiger partial charge in [-0.1, -0.05) is 37.3 Å². The van der Waals surface area contributed by atoms with E-state index < -0.39 is 9.05 Å². The molecule has 0 aliphatic rings. The summed E-state index contributed by atoms with van der Waals surface area (Å²) < 4.78 is 22.2. The van der Waals surface area contributed by atoms with Crippen LogP contribution >= 0.6 is 10.7 Å². The monoisotopic (exact) mass is 285 g/mol. The normalized spacial score (nSPS) is 13.4. The Labute approximate surface area is 110 Å². The van der Waals surface area contributed by atoms with Crippen molar-refractivity contribution in [2.75, 3.05) is 0 Å². The Kier molecular flexibility index (Phi) is 3.68. The van der Waals surface area contributed by atoms with E-state index >= 15 is 0 Å². The lowest BCUT2D eigenvalue weighted by molar-refractivity contribution is 0.601. The molecule has 0 aliphatic carbocycles. The van der Waals surface area contributed by atoms with Crippen LogP contribution in [0.1, 0.15) is 30.7 Å². The zero-order valence-corrected chi connectivity index (χ0v) is 11.2. The largest absolute Gasteiger partial charge is 0.298 e. The number of aromatic nitrogens is 3. The first-order valence-electron chi connectivity index (χ1n) is 5.44. The molecule has 1 N–H and O–H groups in total. The Morgan fingerprint density at radius 1 is 1.33 bits per heavy atom. The molecule has 2 rings (SSSR count). The fourth-order valence-corrected chi connectivity index (χ4v) is 2.36. The molecule has 0 bridgehead atoms. The third kappa shape index (κ3) is 2.70. The summed E-state index contributed by atoms with van der Waals surface area (Å²) >= 11 is 0. The van der Waals surface area contributed by atoms with Crippen molar-refractivity contribution in [3.63, 3.8) is 0 Å². The molecule has 1 unspecified atom stereocenters. The highest BCUT2D eigenvalue weighted by molar-refractivity contribution is 8.13. The predicted octanol–water partition coefficient (Wildman–Crippen LogP) is 2.27. The maximum Gasteiger partial charge on any atom is 0.298 e. The van der Waals surface area contributed by atoms with Gasteiger partial charge < -0.3 is 0 Å². The van der Waals surface area contributed by atoms with Gasteiger partial charge in [-0.05, 0) is 12.0 Å². The maximum atomic E-state index is 11.1. The molecule has 5 nitrogen and oxygen atoms in total. The van der Waals surface area contributed by atoms with Crippen molar-refractivity contribution < 1.29 is 8.42 Å². The number of hydrogen-bond acceptors (Lipinski definition) is 4. The first-order valence-corrected chi connectivity index (χ1v) is 7.75. The zero-order chi connectivity index (χ0) is 13.2. The van der Waals surface area contributed by atoms with Crippen molar-refractivity contribution in [3.8, 4) is 0 Å². The smallest absolute Gasteiger partial charge is 0.261 e. The van der Waals surface area contributed by atoms with Gasteiger partial charge in [0.2, 0.25) is 0 Å². The van der Waals surface area contributed by atoms with Gasteiger partial charge in [0.25, 0.3) is 14.2 Å². The van der Waals surface area contributed by atoms with Crippen LogP contribution in [0.25, 0.3) is 0 Å². The van der Waals surface area contributed by atoms with Crippen molar-refractivity contribution in [2.45, 2.75) is 24.4 Å². The highest BCUT2D eigenvalue weighted by Crippen LogP contribution is 2.25. The molecule has 18 heavy (non-hydrogen) atoms. The van der Waals surface area contributed by atoms with E-state index in [9.17, 15) is 8.42 Å². The zero-order valence-electron chi connectivity index (χ0n) is 9.67. The summed E-state index contributed by atoms with van der Waals surface area (Å²) in [7, 11) is 1.31. The van der Waals surface area contributed by atoms with Crippen LogP contribution in [0.5, 0.6) is 0 Å². The molecule has 1 aromatic carbocycles. The number of nitrogens with one attached hydrogen (secondary N) is 1. The molecule has 0 saturated carbocycles. The molecule has 0 aliphatic heterocycles. The van der Waals surface area contributed by atoms with E-state index in [1.165, 1.54) is 0 Å². The van der Waals surface area contributed by atoms with Gasteiger partial charge in [-0.3, -0.25) is 5.10 Å². The first-order chi connectivity index (χ1) is 8.52. The van der Waals surface area contributed by atoms with Gasteiger partial charge >= 0.3 is 0 Å². The number of aromatic amines is 1. The second-order valence-electron chi connectivity index (χ2n) is 3.81. The van der Waals surface area contributed by atoms with Gasteiger partial charge in [-0.25, -0.2) is 13.4 Å². The molecule has 2 aromatic rings. The van der Waals surface area contributed by atoms with Crippen LogP contribution in [0.4, 0.5) is 0 Å². The van der Waals surface area contributed by atoms with E-state index in [4.69, 9.17) is 10.7 Å². The minimum absolute atomic E-state index is 0.0223. The molecule has 1 aromatic heterocycles. The molecule has 0 spiro atoms. The van der Waals surface area contributed by atoms with E-state index in [1.807, 2.05) is 37.3 Å². The van der Waals surface area contributed by atoms with E-state index in [0.717, 1.165) is 12.0 Å². The van der Waals surface area contributed by atoms with Crippen LogP contribution in [-0.2, 0) is 9.05 Å². The third-order valence-electron chi connectivity index (χ3n) is 2.64. The van der Waals surface area contributed by atoms with Crippen LogP contribution in [0, 0.1) is 0 Å². The van der Waals surface area contributed by atoms with E-state index in [1.54, 1.807) is 0 Å². The minimum atomic E-state index is -3.89. The van der Waals surface area contributed by atoms with Gasteiger partial charge in [-0.15, -0.1) is 5.10 Å². The number of rotatable bonds is 4. The number of nitrogens with zero attached hydrogens (tertiary/aromatic N) is 2. The van der Waals surface area contributed by atoms with Gasteiger partial charge in [0.1, 0.15) is 5.82 Å². The van der Waals surface area contributed by atoms with Crippen LogP contribution in [-0.4, -0.2) is 23.6 Å². The number of benzene rings is 1. The number of hydrogen-bond donors (Lipinski definition) is 1. The topological polar surface area (TPSA) is 75.7 Å². The molecule has 0 radical (unpaired) electrons. The standard InChI is InChI=1S/C11H12ClN3O2S/c1-2-9(8-6-4-3-5-7-8)10-13-11(15-14-10)18(12,16)17/h3-7,9H,2H2,1H3,(H,13,14,15). The third-order valence-corrected chi connectivity index (χ3v) is 3.67.